The van der Waals surface area contributed by atoms with Gasteiger partial charge in [-0.1, -0.05) is 30.3 Å². The summed E-state index contributed by atoms with van der Waals surface area (Å²) in [5.41, 5.74) is 11.1. The summed E-state index contributed by atoms with van der Waals surface area (Å²) in [5.74, 6) is 0. The lowest BCUT2D eigenvalue weighted by Gasteiger charge is -2.14. The monoisotopic (exact) mass is 380 g/mol. The maximum absolute atomic E-state index is 9.20. The number of nitriles is 1. The average Bonchev–Trinajstić information content (AvgIpc) is 3.07. The molecule has 0 fully saturated rings. The van der Waals surface area contributed by atoms with Crippen LogP contribution in [0.4, 0.5) is 0 Å². The zero-order valence-electron chi connectivity index (χ0n) is 17.5. The molecule has 1 aromatic heterocycles. The van der Waals surface area contributed by atoms with Crippen molar-refractivity contribution < 1.29 is 4.57 Å². The Balaban J connectivity index is 1.79. The van der Waals surface area contributed by atoms with Crippen LogP contribution < -0.4 is 4.57 Å². The first-order chi connectivity index (χ1) is 14.0. The van der Waals surface area contributed by atoms with Gasteiger partial charge in [-0.25, -0.2) is 9.13 Å². The summed E-state index contributed by atoms with van der Waals surface area (Å²) in [7, 11) is 0. The predicted octanol–water partition coefficient (Wildman–Crippen LogP) is 5.13. The molecule has 1 heterocycles. The van der Waals surface area contributed by atoms with E-state index >= 15 is 0 Å². The Kier molecular flexibility index (Phi) is 4.94. The van der Waals surface area contributed by atoms with Crippen LogP contribution in [0.15, 0.2) is 60.9 Å². The fourth-order valence-corrected chi connectivity index (χ4v) is 4.14. The molecular formula is C26H26N3+. The first-order valence-corrected chi connectivity index (χ1v) is 10.0. The molecule has 3 aromatic carbocycles. The molecule has 0 radical (unpaired) electrons. The maximum atomic E-state index is 9.20. The van der Waals surface area contributed by atoms with Gasteiger partial charge >= 0.3 is 0 Å². The van der Waals surface area contributed by atoms with E-state index in [2.05, 4.69) is 85.6 Å². The standard InChI is InChI=1S/C26H26N3/c1-18-12-19(2)21(4)24(20(18)3)16-29-17-28(25-10-5-6-11-26(25)29)15-23-9-7-8-22(13-23)14-27/h5-13,17H,15-16H2,1-4H3/q+1. The molecule has 4 rings (SSSR count). The molecule has 0 aliphatic carbocycles. The maximum Gasteiger partial charge on any atom is 0.245 e. The molecule has 4 aromatic rings. The number of imidazole rings is 1. The van der Waals surface area contributed by atoms with Crippen LogP contribution in [0.25, 0.3) is 11.0 Å². The highest BCUT2D eigenvalue weighted by Crippen LogP contribution is 2.24. The second-order valence-corrected chi connectivity index (χ2v) is 7.91. The van der Waals surface area contributed by atoms with Gasteiger partial charge in [0.25, 0.3) is 0 Å². The Morgan fingerprint density at radius 2 is 1.62 bits per heavy atom. The van der Waals surface area contributed by atoms with Crippen LogP contribution in [0.1, 0.15) is 38.9 Å². The quantitative estimate of drug-likeness (QED) is 0.452. The highest BCUT2D eigenvalue weighted by molar-refractivity contribution is 5.71. The number of benzene rings is 3. The molecule has 0 saturated carbocycles. The third-order valence-electron chi connectivity index (χ3n) is 6.04. The lowest BCUT2D eigenvalue weighted by atomic mass is 9.94. The van der Waals surface area contributed by atoms with E-state index in [1.807, 2.05) is 18.2 Å². The fourth-order valence-electron chi connectivity index (χ4n) is 4.14. The SMILES string of the molecule is Cc1cc(C)c(C)c(Cn2c[n+](Cc3cccc(C#N)c3)c3ccccc32)c1C. The molecule has 0 saturated heterocycles. The fraction of sp³-hybridized carbons (Fsp3) is 0.231. The van der Waals surface area contributed by atoms with Crippen molar-refractivity contribution in [2.75, 3.05) is 0 Å². The molecule has 3 nitrogen and oxygen atoms in total. The van der Waals surface area contributed by atoms with Gasteiger partial charge in [0, 0.05) is 0 Å². The number of rotatable bonds is 4. The molecule has 0 N–H and O–H groups in total. The van der Waals surface area contributed by atoms with Gasteiger partial charge in [0.15, 0.2) is 11.0 Å². The predicted molar refractivity (Wildman–Crippen MR) is 117 cm³/mol. The first-order valence-electron chi connectivity index (χ1n) is 10.0. The van der Waals surface area contributed by atoms with Crippen LogP contribution >= 0.6 is 0 Å². The largest absolute Gasteiger partial charge is 0.245 e. The number of aromatic nitrogens is 2. The smallest absolute Gasteiger partial charge is 0.226 e. The van der Waals surface area contributed by atoms with Gasteiger partial charge in [-0.15, -0.1) is 0 Å². The number of nitrogens with zero attached hydrogens (tertiary/aromatic N) is 3. The molecule has 0 amide bonds. The van der Waals surface area contributed by atoms with Crippen molar-refractivity contribution in [2.45, 2.75) is 40.8 Å². The number of para-hydroxylation sites is 2. The van der Waals surface area contributed by atoms with Crippen molar-refractivity contribution in [3.63, 3.8) is 0 Å². The molecule has 144 valence electrons. The minimum atomic E-state index is 0.702. The number of aryl methyl sites for hydroxylation is 2. The van der Waals surface area contributed by atoms with E-state index in [0.717, 1.165) is 18.7 Å². The summed E-state index contributed by atoms with van der Waals surface area (Å²) in [4.78, 5) is 0. The Morgan fingerprint density at radius 1 is 0.897 bits per heavy atom. The number of hydrogen-bond donors (Lipinski definition) is 0. The zero-order chi connectivity index (χ0) is 20.5. The van der Waals surface area contributed by atoms with Crippen molar-refractivity contribution in [1.29, 1.82) is 5.26 Å². The van der Waals surface area contributed by atoms with Crippen LogP contribution in [-0.2, 0) is 13.1 Å². The highest BCUT2D eigenvalue weighted by atomic mass is 15.1. The number of hydrogen-bond acceptors (Lipinski definition) is 1. The van der Waals surface area contributed by atoms with Gasteiger partial charge in [-0.3, -0.25) is 0 Å². The Hall–Kier alpha value is -3.38. The highest BCUT2D eigenvalue weighted by Gasteiger charge is 2.18. The Morgan fingerprint density at radius 3 is 2.34 bits per heavy atom. The minimum absolute atomic E-state index is 0.702. The number of fused-ring (bicyclic) bond motifs is 1. The normalized spacial score (nSPS) is 11.0. The second-order valence-electron chi connectivity index (χ2n) is 7.91. The van der Waals surface area contributed by atoms with Gasteiger partial charge in [0.05, 0.1) is 11.6 Å². The molecule has 0 spiro atoms. The van der Waals surface area contributed by atoms with Gasteiger partial charge < -0.3 is 0 Å². The Labute approximate surface area is 172 Å². The summed E-state index contributed by atoms with van der Waals surface area (Å²) in [6, 6.07) is 20.9. The molecule has 0 aliphatic rings. The minimum Gasteiger partial charge on any atom is -0.226 e. The summed E-state index contributed by atoms with van der Waals surface area (Å²) in [6.07, 6.45) is 2.21. The van der Waals surface area contributed by atoms with Crippen molar-refractivity contribution in [3.05, 3.63) is 99.9 Å². The Bertz CT molecular complexity index is 1230. The van der Waals surface area contributed by atoms with E-state index in [1.165, 1.54) is 38.9 Å². The van der Waals surface area contributed by atoms with Crippen LogP contribution in [0, 0.1) is 39.0 Å². The van der Waals surface area contributed by atoms with Gasteiger partial charge in [-0.05, 0) is 85.3 Å². The van der Waals surface area contributed by atoms with E-state index < -0.39 is 0 Å². The lowest BCUT2D eigenvalue weighted by Crippen LogP contribution is -2.32. The molecule has 3 heteroatoms. The van der Waals surface area contributed by atoms with Crippen LogP contribution in [0.3, 0.4) is 0 Å². The summed E-state index contributed by atoms with van der Waals surface area (Å²) < 4.78 is 4.62. The van der Waals surface area contributed by atoms with Gasteiger partial charge in [0.2, 0.25) is 6.33 Å². The third-order valence-corrected chi connectivity index (χ3v) is 6.04. The van der Waals surface area contributed by atoms with Gasteiger partial charge in [-0.2, -0.15) is 5.26 Å². The van der Waals surface area contributed by atoms with Crippen molar-refractivity contribution in [3.8, 4) is 6.07 Å². The second kappa shape index (κ2) is 7.56. The molecule has 0 unspecified atom stereocenters. The molecule has 0 bridgehead atoms. The third kappa shape index (κ3) is 3.54. The average molecular weight is 381 g/mol. The topological polar surface area (TPSA) is 32.6 Å². The van der Waals surface area contributed by atoms with Crippen molar-refractivity contribution in [2.24, 2.45) is 0 Å². The van der Waals surface area contributed by atoms with E-state index in [4.69, 9.17) is 0 Å². The molecule has 0 atom stereocenters. The van der Waals surface area contributed by atoms with E-state index in [9.17, 15) is 5.26 Å². The van der Waals surface area contributed by atoms with Crippen LogP contribution in [0.5, 0.6) is 0 Å². The van der Waals surface area contributed by atoms with Gasteiger partial charge in [0.1, 0.15) is 13.1 Å². The zero-order valence-corrected chi connectivity index (χ0v) is 17.5. The summed E-state index contributed by atoms with van der Waals surface area (Å²) in [5, 5.41) is 9.20. The summed E-state index contributed by atoms with van der Waals surface area (Å²) >= 11 is 0. The van der Waals surface area contributed by atoms with Crippen molar-refractivity contribution in [1.82, 2.24) is 4.57 Å². The lowest BCUT2D eigenvalue weighted by molar-refractivity contribution is -0.663. The molecule has 29 heavy (non-hydrogen) atoms. The molecular weight excluding hydrogens is 354 g/mol. The molecule has 0 aliphatic heterocycles. The van der Waals surface area contributed by atoms with E-state index in [0.29, 0.717) is 5.56 Å². The summed E-state index contributed by atoms with van der Waals surface area (Å²) in [6.45, 7) is 10.4. The van der Waals surface area contributed by atoms with Crippen molar-refractivity contribution >= 4 is 11.0 Å². The van der Waals surface area contributed by atoms with E-state index in [-0.39, 0.29) is 0 Å². The van der Waals surface area contributed by atoms with E-state index in [1.54, 1.807) is 0 Å². The first kappa shape index (κ1) is 19.0. The van der Waals surface area contributed by atoms with Crippen LogP contribution in [-0.4, -0.2) is 4.57 Å². The van der Waals surface area contributed by atoms with Crippen LogP contribution in [0.2, 0.25) is 0 Å².